The lowest BCUT2D eigenvalue weighted by Gasteiger charge is -2.17. The number of phenolic OH excluding ortho intramolecular Hbond substituents is 1. The lowest BCUT2D eigenvalue weighted by molar-refractivity contribution is -0.116. The Morgan fingerprint density at radius 2 is 1.58 bits per heavy atom. The number of carbonyl (C=O) groups is 1. The molecule has 0 spiro atoms. The first-order chi connectivity index (χ1) is 15.0. The number of hydrogen-bond donors (Lipinski definition) is 2. The molecule has 2 rings (SSSR count). The molecule has 0 aromatic heterocycles. The van der Waals surface area contributed by atoms with Gasteiger partial charge in [-0.3, -0.25) is 4.79 Å². The minimum atomic E-state index is -2.86. The minimum Gasteiger partial charge on any atom is -0.505 e. The standard InChI is InChI=1S/C25H32ClF2NO2/c1-2-3-4-5-6-7-8-9-13-16-21(30)29-20-17-19(26)23(25(27)28)22(24(20)31)18-14-11-10-12-15-18/h10-12,14-15,17,25,31H,2-9,13,16H2,1H3,(H,29,30). The van der Waals surface area contributed by atoms with Gasteiger partial charge in [-0.05, 0) is 18.1 Å². The number of hydrogen-bond acceptors (Lipinski definition) is 2. The van der Waals surface area contributed by atoms with Gasteiger partial charge in [0.05, 0.1) is 10.7 Å². The number of alkyl halides is 2. The van der Waals surface area contributed by atoms with Crippen LogP contribution in [0.25, 0.3) is 11.1 Å². The SMILES string of the molecule is CCCCCCCCCCCC(=O)Nc1cc(Cl)c(C(F)F)c(-c2ccccc2)c1O. The molecule has 0 heterocycles. The van der Waals surface area contributed by atoms with Crippen molar-refractivity contribution in [1.29, 1.82) is 0 Å². The van der Waals surface area contributed by atoms with Gasteiger partial charge in [0.1, 0.15) is 5.75 Å². The summed E-state index contributed by atoms with van der Waals surface area (Å²) in [4.78, 5) is 12.3. The number of phenols is 1. The van der Waals surface area contributed by atoms with E-state index in [1.54, 1.807) is 30.3 Å². The molecular weight excluding hydrogens is 420 g/mol. The minimum absolute atomic E-state index is 0.0502. The molecule has 1 amide bonds. The zero-order chi connectivity index (χ0) is 22.6. The molecule has 170 valence electrons. The van der Waals surface area contributed by atoms with Gasteiger partial charge in [-0.15, -0.1) is 0 Å². The molecule has 2 N–H and O–H groups in total. The van der Waals surface area contributed by atoms with Gasteiger partial charge in [-0.25, -0.2) is 8.78 Å². The van der Waals surface area contributed by atoms with Gasteiger partial charge in [-0.1, -0.05) is 100 Å². The largest absolute Gasteiger partial charge is 0.505 e. The van der Waals surface area contributed by atoms with E-state index in [9.17, 15) is 18.7 Å². The van der Waals surface area contributed by atoms with Gasteiger partial charge in [0, 0.05) is 17.5 Å². The molecule has 0 aliphatic carbocycles. The Morgan fingerprint density at radius 1 is 1.00 bits per heavy atom. The van der Waals surface area contributed by atoms with Crippen molar-refractivity contribution in [2.75, 3.05) is 5.32 Å². The van der Waals surface area contributed by atoms with E-state index in [1.807, 2.05) is 0 Å². The van der Waals surface area contributed by atoms with Crippen LogP contribution in [0.5, 0.6) is 5.75 Å². The summed E-state index contributed by atoms with van der Waals surface area (Å²) in [5.74, 6) is -0.663. The molecule has 0 saturated carbocycles. The third-order valence-corrected chi connectivity index (χ3v) is 5.66. The normalized spacial score (nSPS) is 11.1. The smallest absolute Gasteiger partial charge is 0.266 e. The average Bonchev–Trinajstić information content (AvgIpc) is 2.75. The molecule has 3 nitrogen and oxygen atoms in total. The summed E-state index contributed by atoms with van der Waals surface area (Å²) in [6.07, 6.45) is 7.77. The molecule has 2 aromatic rings. The number of rotatable bonds is 13. The Bertz CT molecular complexity index is 828. The molecule has 0 atom stereocenters. The fraction of sp³-hybridized carbons (Fsp3) is 0.480. The topological polar surface area (TPSA) is 49.3 Å². The van der Waals surface area contributed by atoms with E-state index in [2.05, 4.69) is 12.2 Å². The summed E-state index contributed by atoms with van der Waals surface area (Å²) < 4.78 is 27.2. The van der Waals surface area contributed by atoms with E-state index in [0.717, 1.165) is 19.3 Å². The molecule has 0 aliphatic rings. The van der Waals surface area contributed by atoms with Crippen LogP contribution >= 0.6 is 11.6 Å². The third-order valence-electron chi connectivity index (χ3n) is 5.35. The molecule has 2 aromatic carbocycles. The van der Waals surface area contributed by atoms with Crippen LogP contribution in [0, 0.1) is 0 Å². The van der Waals surface area contributed by atoms with Crippen LogP contribution in [0.1, 0.15) is 83.1 Å². The van der Waals surface area contributed by atoms with Crippen molar-refractivity contribution in [2.45, 2.75) is 77.6 Å². The number of amides is 1. The van der Waals surface area contributed by atoms with E-state index < -0.39 is 17.7 Å². The number of unbranched alkanes of at least 4 members (excludes halogenated alkanes) is 8. The summed E-state index contributed by atoms with van der Waals surface area (Å²) in [5.41, 5.74) is -0.0369. The Kier molecular flexibility index (Phi) is 10.8. The van der Waals surface area contributed by atoms with Crippen LogP contribution in [-0.4, -0.2) is 11.0 Å². The highest BCUT2D eigenvalue weighted by Gasteiger charge is 2.25. The number of nitrogens with one attached hydrogen (secondary N) is 1. The van der Waals surface area contributed by atoms with Gasteiger partial charge in [0.15, 0.2) is 0 Å². The first-order valence-electron chi connectivity index (χ1n) is 11.1. The fourth-order valence-corrected chi connectivity index (χ4v) is 3.96. The first-order valence-corrected chi connectivity index (χ1v) is 11.5. The van der Waals surface area contributed by atoms with E-state index in [4.69, 9.17) is 11.6 Å². The summed E-state index contributed by atoms with van der Waals surface area (Å²) in [6, 6.07) is 9.55. The average molecular weight is 452 g/mol. The number of carbonyl (C=O) groups excluding carboxylic acids is 1. The van der Waals surface area contributed by atoms with Gasteiger partial charge < -0.3 is 10.4 Å². The molecule has 6 heteroatoms. The lowest BCUT2D eigenvalue weighted by atomic mass is 9.97. The molecular formula is C25H32ClF2NO2. The number of aromatic hydroxyl groups is 1. The monoisotopic (exact) mass is 451 g/mol. The van der Waals surface area contributed by atoms with Crippen molar-refractivity contribution in [3.63, 3.8) is 0 Å². The van der Waals surface area contributed by atoms with E-state index in [1.165, 1.54) is 44.6 Å². The van der Waals surface area contributed by atoms with Gasteiger partial charge in [0.2, 0.25) is 5.91 Å². The fourth-order valence-electron chi connectivity index (χ4n) is 3.67. The second-order valence-electron chi connectivity index (χ2n) is 7.84. The van der Waals surface area contributed by atoms with Crippen LogP contribution in [-0.2, 0) is 4.79 Å². The molecule has 0 radical (unpaired) electrons. The van der Waals surface area contributed by atoms with Gasteiger partial charge in [0.25, 0.3) is 6.43 Å². The van der Waals surface area contributed by atoms with Gasteiger partial charge in [-0.2, -0.15) is 0 Å². The summed E-state index contributed by atoms with van der Waals surface area (Å²) in [6.45, 7) is 2.20. The zero-order valence-electron chi connectivity index (χ0n) is 18.1. The Labute approximate surface area is 188 Å². The predicted molar refractivity (Wildman–Crippen MR) is 124 cm³/mol. The van der Waals surface area contributed by atoms with Crippen LogP contribution < -0.4 is 5.32 Å². The highest BCUT2D eigenvalue weighted by atomic mass is 35.5. The highest BCUT2D eigenvalue weighted by Crippen LogP contribution is 2.46. The number of halogens is 3. The van der Waals surface area contributed by atoms with E-state index >= 15 is 0 Å². The number of anilines is 1. The molecule has 0 aliphatic heterocycles. The quantitative estimate of drug-likeness (QED) is 0.237. The maximum atomic E-state index is 13.6. The van der Waals surface area contributed by atoms with E-state index in [0.29, 0.717) is 12.0 Å². The molecule has 0 unspecified atom stereocenters. The van der Waals surface area contributed by atoms with Crippen LogP contribution in [0.3, 0.4) is 0 Å². The van der Waals surface area contributed by atoms with Crippen molar-refractivity contribution in [2.24, 2.45) is 0 Å². The second kappa shape index (κ2) is 13.3. The number of benzene rings is 2. The lowest BCUT2D eigenvalue weighted by Crippen LogP contribution is -2.12. The van der Waals surface area contributed by atoms with Crippen molar-refractivity contribution in [3.8, 4) is 16.9 Å². The Morgan fingerprint density at radius 3 is 2.16 bits per heavy atom. The van der Waals surface area contributed by atoms with Crippen molar-refractivity contribution >= 4 is 23.2 Å². The molecule has 0 fully saturated rings. The van der Waals surface area contributed by atoms with Crippen molar-refractivity contribution in [3.05, 3.63) is 47.0 Å². The molecule has 0 saturated heterocycles. The van der Waals surface area contributed by atoms with Crippen LogP contribution in [0.4, 0.5) is 14.5 Å². The first kappa shape index (κ1) is 25.1. The van der Waals surface area contributed by atoms with E-state index in [-0.39, 0.29) is 22.2 Å². The van der Waals surface area contributed by atoms with Gasteiger partial charge >= 0.3 is 0 Å². The second-order valence-corrected chi connectivity index (χ2v) is 8.24. The Hall–Kier alpha value is -2.14. The molecule has 0 bridgehead atoms. The summed E-state index contributed by atoms with van der Waals surface area (Å²) in [5, 5.41) is 13.1. The van der Waals surface area contributed by atoms with Crippen LogP contribution in [0.15, 0.2) is 36.4 Å². The Balaban J connectivity index is 1.96. The zero-order valence-corrected chi connectivity index (χ0v) is 18.9. The third kappa shape index (κ3) is 7.80. The highest BCUT2D eigenvalue weighted by molar-refractivity contribution is 6.32. The van der Waals surface area contributed by atoms with Crippen molar-refractivity contribution in [1.82, 2.24) is 0 Å². The van der Waals surface area contributed by atoms with Crippen LogP contribution in [0.2, 0.25) is 5.02 Å². The maximum absolute atomic E-state index is 13.6. The summed E-state index contributed by atoms with van der Waals surface area (Å²) >= 11 is 6.10. The van der Waals surface area contributed by atoms with Crippen molar-refractivity contribution < 1.29 is 18.7 Å². The summed E-state index contributed by atoms with van der Waals surface area (Å²) in [7, 11) is 0. The molecule has 31 heavy (non-hydrogen) atoms. The predicted octanol–water partition coefficient (Wildman–Crippen LogP) is 8.51. The maximum Gasteiger partial charge on any atom is 0.266 e.